The Morgan fingerprint density at radius 3 is 2.39 bits per heavy atom. The third kappa shape index (κ3) is 6.12. The van der Waals surface area contributed by atoms with E-state index in [9.17, 15) is 0 Å². The molecule has 0 spiro atoms. The van der Waals surface area contributed by atoms with Crippen molar-refractivity contribution in [3.63, 3.8) is 0 Å². The number of benzene rings is 2. The third-order valence-corrected chi connectivity index (χ3v) is 6.39. The number of allylic oxidation sites excluding steroid dienone is 1. The van der Waals surface area contributed by atoms with Gasteiger partial charge in [-0.15, -0.1) is 0 Å². The molecule has 0 atom stereocenters. The molecule has 0 saturated heterocycles. The molecule has 0 amide bonds. The molecule has 1 aliphatic rings. The van der Waals surface area contributed by atoms with Gasteiger partial charge in [-0.2, -0.15) is 0 Å². The summed E-state index contributed by atoms with van der Waals surface area (Å²) in [7, 11) is 4.65. The van der Waals surface area contributed by atoms with Crippen molar-refractivity contribution in [2.45, 2.75) is 36.5 Å². The molecular formula is C24H29ClINS. The van der Waals surface area contributed by atoms with Crippen LogP contribution in [0.3, 0.4) is 0 Å². The standard InChI is InChI=1S/C24H29ClNS.HI/c1-18(2)9-7-15-26(3,4)16-8-11-20-21-10-5-6-12-23(21)27-24-14-13-19(25)17-22(20)24;/h5-6,9-14,17H,7-8,15-16H2,1-4H3;1H/q+1;/p-1/b20-11-;. The molecule has 1 heterocycles. The van der Waals surface area contributed by atoms with E-state index in [1.807, 2.05) is 17.8 Å². The van der Waals surface area contributed by atoms with Crippen molar-refractivity contribution in [1.29, 1.82) is 0 Å². The van der Waals surface area contributed by atoms with Crippen LogP contribution < -0.4 is 24.0 Å². The van der Waals surface area contributed by atoms with Gasteiger partial charge in [0.15, 0.2) is 0 Å². The summed E-state index contributed by atoms with van der Waals surface area (Å²) < 4.78 is 1.03. The number of rotatable bonds is 6. The van der Waals surface area contributed by atoms with Crippen molar-refractivity contribution in [1.82, 2.24) is 0 Å². The third-order valence-electron chi connectivity index (χ3n) is 5.00. The van der Waals surface area contributed by atoms with Crippen LogP contribution in [0.2, 0.25) is 5.02 Å². The first-order valence-corrected chi connectivity index (χ1v) is 10.8. The number of halogens is 2. The summed E-state index contributed by atoms with van der Waals surface area (Å²) in [5.74, 6) is 0. The zero-order chi connectivity index (χ0) is 19.4. The fourth-order valence-electron chi connectivity index (χ4n) is 3.44. The fraction of sp³-hybridized carbons (Fsp3) is 0.333. The van der Waals surface area contributed by atoms with Crippen molar-refractivity contribution in [3.05, 3.63) is 76.3 Å². The van der Waals surface area contributed by atoms with E-state index in [1.165, 1.54) is 38.6 Å². The Kier molecular flexibility index (Phi) is 8.68. The first-order valence-electron chi connectivity index (χ1n) is 9.58. The molecule has 0 saturated carbocycles. The average Bonchev–Trinajstić information content (AvgIpc) is 2.61. The zero-order valence-electron chi connectivity index (χ0n) is 17.1. The topological polar surface area (TPSA) is 0 Å². The second-order valence-corrected chi connectivity index (χ2v) is 9.62. The van der Waals surface area contributed by atoms with Crippen LogP contribution in [0.4, 0.5) is 0 Å². The summed E-state index contributed by atoms with van der Waals surface area (Å²) in [6.07, 6.45) is 6.95. The molecule has 150 valence electrons. The van der Waals surface area contributed by atoms with Gasteiger partial charge in [0.1, 0.15) is 0 Å². The van der Waals surface area contributed by atoms with E-state index in [0.717, 1.165) is 28.9 Å². The monoisotopic (exact) mass is 525 g/mol. The lowest BCUT2D eigenvalue weighted by molar-refractivity contribution is -0.889. The second-order valence-electron chi connectivity index (χ2n) is 8.10. The minimum absolute atomic E-state index is 0. The minimum atomic E-state index is 0. The fourth-order valence-corrected chi connectivity index (χ4v) is 4.69. The van der Waals surface area contributed by atoms with Crippen LogP contribution in [0.25, 0.3) is 5.57 Å². The molecule has 0 bridgehead atoms. The van der Waals surface area contributed by atoms with Crippen LogP contribution in [-0.4, -0.2) is 31.7 Å². The van der Waals surface area contributed by atoms with Crippen molar-refractivity contribution < 1.29 is 28.5 Å². The highest BCUT2D eigenvalue weighted by Gasteiger charge is 2.21. The van der Waals surface area contributed by atoms with Gasteiger partial charge in [0.25, 0.3) is 0 Å². The summed E-state index contributed by atoms with van der Waals surface area (Å²) in [6.45, 7) is 6.64. The SMILES string of the molecule is CC(C)=CCC[N+](C)(C)CC/C=C1/c2ccccc2Sc2ccc(Cl)cc21.[I-]. The van der Waals surface area contributed by atoms with Crippen LogP contribution in [0.1, 0.15) is 37.8 Å². The molecule has 0 radical (unpaired) electrons. The predicted octanol–water partition coefficient (Wildman–Crippen LogP) is 4.06. The van der Waals surface area contributed by atoms with E-state index in [1.54, 1.807) is 0 Å². The summed E-state index contributed by atoms with van der Waals surface area (Å²) in [5.41, 5.74) is 5.32. The molecule has 1 nitrogen and oxygen atoms in total. The van der Waals surface area contributed by atoms with E-state index < -0.39 is 0 Å². The lowest BCUT2D eigenvalue weighted by Gasteiger charge is -2.29. The molecule has 3 rings (SSSR count). The highest BCUT2D eigenvalue weighted by Crippen LogP contribution is 2.46. The largest absolute Gasteiger partial charge is 1.00 e. The van der Waals surface area contributed by atoms with Crippen molar-refractivity contribution in [2.24, 2.45) is 0 Å². The van der Waals surface area contributed by atoms with Crippen LogP contribution in [0, 0.1) is 0 Å². The molecule has 0 unspecified atom stereocenters. The van der Waals surface area contributed by atoms with Gasteiger partial charge in [0, 0.05) is 27.7 Å². The van der Waals surface area contributed by atoms with E-state index in [-0.39, 0.29) is 24.0 Å². The van der Waals surface area contributed by atoms with Crippen LogP contribution >= 0.6 is 23.4 Å². The van der Waals surface area contributed by atoms with Crippen LogP contribution in [-0.2, 0) is 0 Å². The second kappa shape index (κ2) is 10.3. The van der Waals surface area contributed by atoms with Crippen molar-refractivity contribution in [3.8, 4) is 0 Å². The van der Waals surface area contributed by atoms with Gasteiger partial charge >= 0.3 is 0 Å². The highest BCUT2D eigenvalue weighted by atomic mass is 127. The Morgan fingerprint density at radius 1 is 0.964 bits per heavy atom. The van der Waals surface area contributed by atoms with Crippen molar-refractivity contribution in [2.75, 3.05) is 27.2 Å². The first kappa shape index (κ1) is 23.5. The van der Waals surface area contributed by atoms with E-state index in [2.05, 4.69) is 76.5 Å². The van der Waals surface area contributed by atoms with Gasteiger partial charge in [-0.3, -0.25) is 0 Å². The van der Waals surface area contributed by atoms with Gasteiger partial charge in [-0.25, -0.2) is 0 Å². The lowest BCUT2D eigenvalue weighted by atomic mass is 9.96. The molecule has 1 aliphatic heterocycles. The Labute approximate surface area is 196 Å². The quantitative estimate of drug-likeness (QED) is 0.266. The molecule has 2 aromatic rings. The maximum Gasteiger partial charge on any atom is 0.0817 e. The van der Waals surface area contributed by atoms with E-state index in [0.29, 0.717) is 0 Å². The van der Waals surface area contributed by atoms with Gasteiger partial charge in [0.2, 0.25) is 0 Å². The Balaban J connectivity index is 0.00000280. The van der Waals surface area contributed by atoms with Crippen LogP contribution in [0.15, 0.2) is 70.0 Å². The van der Waals surface area contributed by atoms with Gasteiger partial charge in [-0.05, 0) is 54.8 Å². The summed E-state index contributed by atoms with van der Waals surface area (Å²) in [4.78, 5) is 2.62. The number of fused-ring (bicyclic) bond motifs is 2. The number of nitrogens with zero attached hydrogens (tertiary/aromatic N) is 1. The summed E-state index contributed by atoms with van der Waals surface area (Å²) in [5, 5.41) is 0.803. The summed E-state index contributed by atoms with van der Waals surface area (Å²) in [6, 6.07) is 14.9. The molecule has 0 N–H and O–H groups in total. The molecule has 4 heteroatoms. The first-order chi connectivity index (χ1) is 12.9. The maximum atomic E-state index is 6.31. The molecule has 0 aliphatic carbocycles. The maximum absolute atomic E-state index is 6.31. The normalized spacial score (nSPS) is 14.1. The minimum Gasteiger partial charge on any atom is -1.00 e. The zero-order valence-corrected chi connectivity index (χ0v) is 20.9. The molecule has 2 aromatic carbocycles. The van der Waals surface area contributed by atoms with Gasteiger partial charge in [-0.1, -0.05) is 59.3 Å². The number of hydrogen-bond acceptors (Lipinski definition) is 1. The Morgan fingerprint density at radius 2 is 1.64 bits per heavy atom. The Bertz CT molecular complexity index is 882. The highest BCUT2D eigenvalue weighted by molar-refractivity contribution is 7.99. The Hall–Kier alpha value is -0.750. The lowest BCUT2D eigenvalue weighted by Crippen LogP contribution is -3.00. The average molecular weight is 526 g/mol. The summed E-state index contributed by atoms with van der Waals surface area (Å²) >= 11 is 8.15. The molecule has 0 fully saturated rings. The molecule has 28 heavy (non-hydrogen) atoms. The number of quaternary nitrogens is 1. The number of hydrogen-bond donors (Lipinski definition) is 0. The van der Waals surface area contributed by atoms with Gasteiger partial charge < -0.3 is 28.5 Å². The predicted molar refractivity (Wildman–Crippen MR) is 120 cm³/mol. The van der Waals surface area contributed by atoms with Crippen LogP contribution in [0.5, 0.6) is 0 Å². The van der Waals surface area contributed by atoms with E-state index in [4.69, 9.17) is 11.6 Å². The van der Waals surface area contributed by atoms with Gasteiger partial charge in [0.05, 0.1) is 27.2 Å². The molecule has 0 aromatic heterocycles. The van der Waals surface area contributed by atoms with E-state index >= 15 is 0 Å². The smallest absolute Gasteiger partial charge is 0.0817 e. The molecular weight excluding hydrogens is 497 g/mol. The van der Waals surface area contributed by atoms with Crippen molar-refractivity contribution >= 4 is 28.9 Å².